The maximum atomic E-state index is 15.0. The summed E-state index contributed by atoms with van der Waals surface area (Å²) in [5, 5.41) is 0. The quantitative estimate of drug-likeness (QED) is 0.594. The summed E-state index contributed by atoms with van der Waals surface area (Å²) >= 11 is 0. The number of amides is 1. The lowest BCUT2D eigenvalue weighted by molar-refractivity contribution is 0.0710. The lowest BCUT2D eigenvalue weighted by Crippen LogP contribution is -2.37. The molecule has 2 heterocycles. The molecule has 3 aliphatic rings. The van der Waals surface area contributed by atoms with Crippen LogP contribution in [0.5, 0.6) is 11.5 Å². The van der Waals surface area contributed by atoms with E-state index >= 15 is 0 Å². The maximum Gasteiger partial charge on any atom is 0.297 e. The summed E-state index contributed by atoms with van der Waals surface area (Å²) in [6, 6.07) is 7.53. The number of carbonyl (C=O) groups excluding carboxylic acids is 1. The zero-order valence-electron chi connectivity index (χ0n) is 18.5. The lowest BCUT2D eigenvalue weighted by atomic mass is 10.1. The second-order valence-electron chi connectivity index (χ2n) is 9.11. The van der Waals surface area contributed by atoms with Crippen LogP contribution in [0.15, 0.2) is 35.2 Å². The number of nitrogens with zero attached hydrogens (tertiary/aromatic N) is 1. The first kappa shape index (κ1) is 22.2. The van der Waals surface area contributed by atoms with Gasteiger partial charge in [-0.2, -0.15) is 8.42 Å². The number of hydrogen-bond donors (Lipinski definition) is 0. The second kappa shape index (κ2) is 8.29. The number of hydrogen-bond acceptors (Lipinski definition) is 6. The first-order valence-corrected chi connectivity index (χ1v) is 12.5. The van der Waals surface area contributed by atoms with Crippen LogP contribution in [0.3, 0.4) is 0 Å². The van der Waals surface area contributed by atoms with E-state index in [4.69, 9.17) is 13.7 Å². The van der Waals surface area contributed by atoms with E-state index in [1.165, 1.54) is 23.1 Å². The number of fused-ring (bicyclic) bond motifs is 2. The molecule has 2 aliphatic heterocycles. The normalized spacial score (nSPS) is 22.4. The van der Waals surface area contributed by atoms with E-state index in [9.17, 15) is 17.6 Å². The molecule has 33 heavy (non-hydrogen) atoms. The van der Waals surface area contributed by atoms with Crippen molar-refractivity contribution < 1.29 is 31.3 Å². The molecule has 1 saturated carbocycles. The van der Waals surface area contributed by atoms with Crippen LogP contribution in [0, 0.1) is 25.6 Å². The van der Waals surface area contributed by atoms with Gasteiger partial charge in [0, 0.05) is 13.0 Å². The van der Waals surface area contributed by atoms with Crippen molar-refractivity contribution >= 4 is 16.0 Å². The molecule has 0 bridgehead atoms. The predicted molar refractivity (Wildman–Crippen MR) is 118 cm³/mol. The number of ether oxygens (including phenoxy) is 2. The Hall–Kier alpha value is -2.65. The van der Waals surface area contributed by atoms with Crippen molar-refractivity contribution in [1.82, 2.24) is 4.90 Å². The zero-order chi connectivity index (χ0) is 23.3. The Labute approximate surface area is 192 Å². The average Bonchev–Trinajstić information content (AvgIpc) is 3.53. The molecule has 1 amide bonds. The Morgan fingerprint density at radius 3 is 2.61 bits per heavy atom. The summed E-state index contributed by atoms with van der Waals surface area (Å²) in [6.07, 6.45) is 1.64. The van der Waals surface area contributed by atoms with Crippen molar-refractivity contribution in [3.63, 3.8) is 0 Å². The van der Waals surface area contributed by atoms with Gasteiger partial charge in [0.15, 0.2) is 11.6 Å². The van der Waals surface area contributed by atoms with Gasteiger partial charge in [-0.1, -0.05) is 17.7 Å². The summed E-state index contributed by atoms with van der Waals surface area (Å²) in [6.45, 7) is 4.06. The molecule has 2 atom stereocenters. The molecule has 1 aliphatic carbocycles. The van der Waals surface area contributed by atoms with Crippen molar-refractivity contribution in [2.75, 3.05) is 19.8 Å². The predicted octanol–water partition coefficient (Wildman–Crippen LogP) is 3.61. The van der Waals surface area contributed by atoms with E-state index in [0.29, 0.717) is 30.3 Å². The fraction of sp³-hybridized carbons (Fsp3) is 0.458. The first-order chi connectivity index (χ1) is 15.7. The fourth-order valence-corrected chi connectivity index (χ4v) is 5.37. The van der Waals surface area contributed by atoms with Crippen molar-refractivity contribution in [1.29, 1.82) is 0 Å². The molecule has 0 unspecified atom stereocenters. The first-order valence-electron chi connectivity index (χ1n) is 11.1. The van der Waals surface area contributed by atoms with Crippen LogP contribution in [-0.4, -0.2) is 51.1 Å². The standard InChI is InChI=1S/C24H26FNO6S/c1-14-3-7-19(8-4-14)33(28,29)32-18-10-17-13-30-20-9-15(2)22(25)23(31-12-16-5-6-16)21(20)24(27)26(17)11-18/h3-4,7-9,16-18H,5-6,10-13H2,1-2H3/t17-,18-/m1/s1. The number of carbonyl (C=O) groups is 1. The van der Waals surface area contributed by atoms with Crippen LogP contribution < -0.4 is 9.47 Å². The summed E-state index contributed by atoms with van der Waals surface area (Å²) in [7, 11) is -3.99. The minimum absolute atomic E-state index is 0.0586. The van der Waals surface area contributed by atoms with Gasteiger partial charge in [0.1, 0.15) is 17.9 Å². The van der Waals surface area contributed by atoms with Gasteiger partial charge in [0.2, 0.25) is 0 Å². The number of rotatable bonds is 6. The molecule has 2 fully saturated rings. The number of benzene rings is 2. The fourth-order valence-electron chi connectivity index (χ4n) is 4.29. The van der Waals surface area contributed by atoms with Crippen molar-refractivity contribution in [3.8, 4) is 11.5 Å². The summed E-state index contributed by atoms with van der Waals surface area (Å²) in [5.74, 6) is -0.413. The van der Waals surface area contributed by atoms with Gasteiger partial charge in [0.25, 0.3) is 16.0 Å². The Bertz CT molecular complexity index is 1190. The Morgan fingerprint density at radius 1 is 1.18 bits per heavy atom. The minimum Gasteiger partial charge on any atom is -0.490 e. The van der Waals surface area contributed by atoms with Gasteiger partial charge in [-0.05, 0) is 56.4 Å². The summed E-state index contributed by atoms with van der Waals surface area (Å²) < 4.78 is 57.5. The van der Waals surface area contributed by atoms with E-state index in [0.717, 1.165) is 18.4 Å². The van der Waals surface area contributed by atoms with E-state index in [-0.39, 0.29) is 35.4 Å². The lowest BCUT2D eigenvalue weighted by Gasteiger charge is -2.21. The summed E-state index contributed by atoms with van der Waals surface area (Å²) in [4.78, 5) is 15.1. The molecule has 9 heteroatoms. The van der Waals surface area contributed by atoms with Crippen LogP contribution in [0.25, 0.3) is 0 Å². The molecule has 1 saturated heterocycles. The zero-order valence-corrected chi connectivity index (χ0v) is 19.4. The van der Waals surface area contributed by atoms with E-state index in [2.05, 4.69) is 0 Å². The van der Waals surface area contributed by atoms with Crippen LogP contribution >= 0.6 is 0 Å². The molecule has 0 aromatic heterocycles. The van der Waals surface area contributed by atoms with Gasteiger partial charge in [-0.3, -0.25) is 8.98 Å². The van der Waals surface area contributed by atoms with E-state index in [1.54, 1.807) is 19.1 Å². The monoisotopic (exact) mass is 475 g/mol. The van der Waals surface area contributed by atoms with Crippen LogP contribution in [0.4, 0.5) is 4.39 Å². The van der Waals surface area contributed by atoms with Crippen LogP contribution in [-0.2, 0) is 14.3 Å². The Balaban J connectivity index is 1.39. The molecular weight excluding hydrogens is 449 g/mol. The van der Waals surface area contributed by atoms with Gasteiger partial charge in [-0.25, -0.2) is 4.39 Å². The van der Waals surface area contributed by atoms with E-state index in [1.807, 2.05) is 6.92 Å². The molecular formula is C24H26FNO6S. The topological polar surface area (TPSA) is 82.1 Å². The highest BCUT2D eigenvalue weighted by atomic mass is 32.2. The van der Waals surface area contributed by atoms with Crippen molar-refractivity contribution in [2.45, 2.75) is 50.2 Å². The molecule has 0 N–H and O–H groups in total. The third-order valence-electron chi connectivity index (χ3n) is 6.38. The Morgan fingerprint density at radius 2 is 1.91 bits per heavy atom. The van der Waals surface area contributed by atoms with Gasteiger partial charge in [0.05, 0.1) is 23.6 Å². The van der Waals surface area contributed by atoms with Crippen molar-refractivity contribution in [2.24, 2.45) is 5.92 Å². The average molecular weight is 476 g/mol. The molecule has 176 valence electrons. The van der Waals surface area contributed by atoms with E-state index < -0.39 is 27.9 Å². The third-order valence-corrected chi connectivity index (χ3v) is 7.76. The van der Waals surface area contributed by atoms with Gasteiger partial charge < -0.3 is 14.4 Å². The third kappa shape index (κ3) is 4.31. The number of aryl methyl sites for hydroxylation is 2. The second-order valence-corrected chi connectivity index (χ2v) is 10.7. The smallest absolute Gasteiger partial charge is 0.297 e. The van der Waals surface area contributed by atoms with Crippen LogP contribution in [0.2, 0.25) is 0 Å². The highest BCUT2D eigenvalue weighted by Gasteiger charge is 2.43. The Kier molecular flexibility index (Phi) is 5.56. The van der Waals surface area contributed by atoms with Crippen molar-refractivity contribution in [3.05, 3.63) is 52.8 Å². The molecule has 0 spiro atoms. The molecule has 0 radical (unpaired) electrons. The highest BCUT2D eigenvalue weighted by molar-refractivity contribution is 7.86. The maximum absolute atomic E-state index is 15.0. The molecule has 2 aromatic rings. The largest absolute Gasteiger partial charge is 0.490 e. The highest BCUT2D eigenvalue weighted by Crippen LogP contribution is 2.40. The molecule has 7 nitrogen and oxygen atoms in total. The SMILES string of the molecule is Cc1ccc(S(=O)(=O)O[C@@H]2C[C@@H]3COc4cc(C)c(F)c(OCC5CC5)c4C(=O)N3C2)cc1. The van der Waals surface area contributed by atoms with Crippen LogP contribution in [0.1, 0.15) is 40.7 Å². The van der Waals surface area contributed by atoms with Gasteiger partial charge in [-0.15, -0.1) is 0 Å². The molecule has 5 rings (SSSR count). The summed E-state index contributed by atoms with van der Waals surface area (Å²) in [5.41, 5.74) is 1.34. The molecule has 2 aromatic carbocycles. The number of halogens is 1. The van der Waals surface area contributed by atoms with Gasteiger partial charge >= 0.3 is 0 Å². The minimum atomic E-state index is -3.99.